The third kappa shape index (κ3) is 9.15. The summed E-state index contributed by atoms with van der Waals surface area (Å²) in [5.74, 6) is 0.766. The van der Waals surface area contributed by atoms with Gasteiger partial charge in [0.05, 0.1) is 0 Å². The topological polar surface area (TPSA) is 74.8 Å². The van der Waals surface area contributed by atoms with Crippen molar-refractivity contribution in [1.82, 2.24) is 10.6 Å². The van der Waals surface area contributed by atoms with E-state index in [1.54, 1.807) is 7.05 Å². The Hall–Kier alpha value is -2.08. The number of ether oxygens (including phenoxy) is 1. The molecule has 0 atom stereocenters. The average molecular weight is 334 g/mol. The van der Waals surface area contributed by atoms with Crippen LogP contribution in [0.25, 0.3) is 0 Å². The van der Waals surface area contributed by atoms with Gasteiger partial charge in [0, 0.05) is 46.0 Å². The summed E-state index contributed by atoms with van der Waals surface area (Å²) in [5.41, 5.74) is 2.03. The first-order chi connectivity index (χ1) is 11.7. The van der Waals surface area contributed by atoms with E-state index >= 15 is 0 Å². The van der Waals surface area contributed by atoms with Crippen LogP contribution < -0.4 is 16.0 Å². The van der Waals surface area contributed by atoms with Crippen molar-refractivity contribution >= 4 is 17.6 Å². The molecule has 6 heteroatoms. The number of amides is 1. The molecule has 0 aliphatic rings. The summed E-state index contributed by atoms with van der Waals surface area (Å²) < 4.78 is 5.31. The quantitative estimate of drug-likeness (QED) is 0.348. The zero-order valence-corrected chi connectivity index (χ0v) is 15.0. The summed E-state index contributed by atoms with van der Waals surface area (Å²) in [6.07, 6.45) is 3.01. The van der Waals surface area contributed by atoms with Gasteiger partial charge in [-0.05, 0) is 43.9 Å². The van der Waals surface area contributed by atoms with Gasteiger partial charge in [-0.2, -0.15) is 0 Å². The van der Waals surface area contributed by atoms with Crippen molar-refractivity contribution in [3.63, 3.8) is 0 Å². The van der Waals surface area contributed by atoms with Crippen LogP contribution in [0, 0.1) is 0 Å². The molecule has 0 aliphatic heterocycles. The molecule has 0 unspecified atom stereocenters. The number of guanidine groups is 1. The summed E-state index contributed by atoms with van der Waals surface area (Å²) in [6, 6.07) is 7.89. The minimum absolute atomic E-state index is 0.0550. The van der Waals surface area contributed by atoms with Crippen LogP contribution in [0.4, 0.5) is 5.69 Å². The van der Waals surface area contributed by atoms with Crippen molar-refractivity contribution < 1.29 is 9.53 Å². The number of anilines is 1. The lowest BCUT2D eigenvalue weighted by Crippen LogP contribution is -2.38. The van der Waals surface area contributed by atoms with Crippen molar-refractivity contribution in [2.45, 2.75) is 33.1 Å². The predicted molar refractivity (Wildman–Crippen MR) is 99.5 cm³/mol. The molecule has 0 aromatic heterocycles. The smallest absolute Gasteiger partial charge is 0.221 e. The second-order valence-corrected chi connectivity index (χ2v) is 5.46. The van der Waals surface area contributed by atoms with E-state index in [0.717, 1.165) is 57.2 Å². The lowest BCUT2D eigenvalue weighted by atomic mass is 10.1. The molecule has 1 aromatic carbocycles. The van der Waals surface area contributed by atoms with Crippen molar-refractivity contribution in [2.24, 2.45) is 4.99 Å². The molecule has 0 fully saturated rings. The molecule has 6 nitrogen and oxygen atoms in total. The fraction of sp³-hybridized carbons (Fsp3) is 0.556. The average Bonchev–Trinajstić information content (AvgIpc) is 2.57. The zero-order chi connectivity index (χ0) is 17.6. The first-order valence-electron chi connectivity index (χ1n) is 8.54. The highest BCUT2D eigenvalue weighted by atomic mass is 16.5. The Morgan fingerprint density at radius 1 is 1.12 bits per heavy atom. The molecular formula is C18H30N4O2. The van der Waals surface area contributed by atoms with E-state index in [4.69, 9.17) is 4.74 Å². The number of carbonyl (C=O) groups excluding carboxylic acids is 1. The maximum atomic E-state index is 11.0. The van der Waals surface area contributed by atoms with Crippen LogP contribution >= 0.6 is 0 Å². The Balaban J connectivity index is 2.20. The number of hydrogen-bond acceptors (Lipinski definition) is 3. The molecule has 24 heavy (non-hydrogen) atoms. The van der Waals surface area contributed by atoms with Gasteiger partial charge >= 0.3 is 0 Å². The highest BCUT2D eigenvalue weighted by Gasteiger charge is 1.99. The minimum Gasteiger partial charge on any atom is -0.382 e. The monoisotopic (exact) mass is 334 g/mol. The highest BCUT2D eigenvalue weighted by molar-refractivity contribution is 5.88. The largest absolute Gasteiger partial charge is 0.382 e. The molecule has 134 valence electrons. The second-order valence-electron chi connectivity index (χ2n) is 5.46. The molecule has 1 rings (SSSR count). The third-order valence-electron chi connectivity index (χ3n) is 3.42. The molecule has 0 radical (unpaired) electrons. The van der Waals surface area contributed by atoms with Gasteiger partial charge in [-0.1, -0.05) is 12.1 Å². The Morgan fingerprint density at radius 3 is 2.46 bits per heavy atom. The lowest BCUT2D eigenvalue weighted by molar-refractivity contribution is -0.114. The van der Waals surface area contributed by atoms with E-state index in [9.17, 15) is 4.79 Å². The summed E-state index contributed by atoms with van der Waals surface area (Å²) in [6.45, 7) is 6.81. The van der Waals surface area contributed by atoms with Crippen LogP contribution in [0.2, 0.25) is 0 Å². The molecule has 0 saturated carbocycles. The molecule has 1 amide bonds. The fourth-order valence-corrected chi connectivity index (χ4v) is 2.18. The van der Waals surface area contributed by atoms with Gasteiger partial charge in [0.15, 0.2) is 5.96 Å². The lowest BCUT2D eigenvalue weighted by Gasteiger charge is -2.12. The number of unbranched alkanes of at least 4 members (excludes halogenated alkanes) is 1. The van der Waals surface area contributed by atoms with E-state index in [2.05, 4.69) is 20.9 Å². The summed E-state index contributed by atoms with van der Waals surface area (Å²) in [7, 11) is 1.78. The van der Waals surface area contributed by atoms with Crippen molar-refractivity contribution in [2.75, 3.05) is 38.7 Å². The van der Waals surface area contributed by atoms with Crippen molar-refractivity contribution in [1.29, 1.82) is 0 Å². The summed E-state index contributed by atoms with van der Waals surface area (Å²) in [4.78, 5) is 15.2. The van der Waals surface area contributed by atoms with E-state index < -0.39 is 0 Å². The number of nitrogens with zero attached hydrogens (tertiary/aromatic N) is 1. The molecule has 0 aliphatic carbocycles. The van der Waals surface area contributed by atoms with Crippen LogP contribution in [0.3, 0.4) is 0 Å². The van der Waals surface area contributed by atoms with E-state index in [1.807, 2.05) is 31.2 Å². The van der Waals surface area contributed by atoms with Crippen molar-refractivity contribution in [3.8, 4) is 0 Å². The minimum atomic E-state index is -0.0550. The van der Waals surface area contributed by atoms with Crippen LogP contribution in [0.1, 0.15) is 32.3 Å². The number of hydrogen-bond donors (Lipinski definition) is 3. The first kappa shape index (κ1) is 20.0. The van der Waals surface area contributed by atoms with E-state index in [-0.39, 0.29) is 5.91 Å². The Labute approximate surface area is 145 Å². The van der Waals surface area contributed by atoms with Gasteiger partial charge in [-0.25, -0.2) is 0 Å². The van der Waals surface area contributed by atoms with Crippen LogP contribution in [-0.4, -0.2) is 45.2 Å². The summed E-state index contributed by atoms with van der Waals surface area (Å²) >= 11 is 0. The van der Waals surface area contributed by atoms with Gasteiger partial charge in [-0.3, -0.25) is 9.79 Å². The number of benzene rings is 1. The van der Waals surface area contributed by atoms with Gasteiger partial charge in [0.25, 0.3) is 0 Å². The maximum absolute atomic E-state index is 11.0. The SMILES string of the molecule is CCOCCCCNC(=NC)NCCc1ccc(NC(C)=O)cc1. The second kappa shape index (κ2) is 12.4. The normalized spacial score (nSPS) is 11.2. The molecule has 0 bridgehead atoms. The number of aliphatic imine (C=N–C) groups is 1. The first-order valence-corrected chi connectivity index (χ1v) is 8.54. The molecule has 1 aromatic rings. The highest BCUT2D eigenvalue weighted by Crippen LogP contribution is 2.09. The Bertz CT molecular complexity index is 500. The van der Waals surface area contributed by atoms with Gasteiger partial charge in [-0.15, -0.1) is 0 Å². The summed E-state index contributed by atoms with van der Waals surface area (Å²) in [5, 5.41) is 9.37. The zero-order valence-electron chi connectivity index (χ0n) is 15.0. The standard InChI is InChI=1S/C18H30N4O2/c1-4-24-14-6-5-12-20-18(19-3)21-13-11-16-7-9-17(10-8-16)22-15(2)23/h7-10H,4-6,11-14H2,1-3H3,(H,22,23)(H2,19,20,21). The molecule has 0 spiro atoms. The predicted octanol–water partition coefficient (Wildman–Crippen LogP) is 2.17. The Morgan fingerprint density at radius 2 is 1.83 bits per heavy atom. The Kier molecular flexibility index (Phi) is 10.3. The van der Waals surface area contributed by atoms with Crippen molar-refractivity contribution in [3.05, 3.63) is 29.8 Å². The van der Waals surface area contributed by atoms with Crippen LogP contribution in [-0.2, 0) is 16.0 Å². The molecule has 0 heterocycles. The van der Waals surface area contributed by atoms with Gasteiger partial charge < -0.3 is 20.7 Å². The molecule has 0 saturated heterocycles. The van der Waals surface area contributed by atoms with E-state index in [1.165, 1.54) is 12.5 Å². The number of carbonyl (C=O) groups is 1. The van der Waals surface area contributed by atoms with Gasteiger partial charge in [0.1, 0.15) is 0 Å². The third-order valence-corrected chi connectivity index (χ3v) is 3.42. The number of rotatable bonds is 10. The van der Waals surface area contributed by atoms with E-state index in [0.29, 0.717) is 0 Å². The fourth-order valence-electron chi connectivity index (χ4n) is 2.18. The van der Waals surface area contributed by atoms with Crippen LogP contribution in [0.15, 0.2) is 29.3 Å². The van der Waals surface area contributed by atoms with Crippen LogP contribution in [0.5, 0.6) is 0 Å². The number of nitrogens with one attached hydrogen (secondary N) is 3. The molecule has 3 N–H and O–H groups in total. The molecular weight excluding hydrogens is 304 g/mol. The maximum Gasteiger partial charge on any atom is 0.221 e. The van der Waals surface area contributed by atoms with Gasteiger partial charge in [0.2, 0.25) is 5.91 Å².